The maximum Gasteiger partial charge on any atom is 0.154 e. The van der Waals surface area contributed by atoms with E-state index < -0.39 is 0 Å². The van der Waals surface area contributed by atoms with Gasteiger partial charge in [-0.25, -0.2) is 4.68 Å². The van der Waals surface area contributed by atoms with Crippen molar-refractivity contribution in [2.24, 2.45) is 5.73 Å². The van der Waals surface area contributed by atoms with Crippen LogP contribution in [0.2, 0.25) is 0 Å². The van der Waals surface area contributed by atoms with Crippen LogP contribution in [0.15, 0.2) is 6.20 Å². The molecule has 0 radical (unpaired) electrons. The number of methoxy groups -OCH3 is 1. The highest BCUT2D eigenvalue weighted by atomic mass is 35.5. The molecule has 0 saturated carbocycles. The largest absolute Gasteiger partial charge is 0.385 e. The van der Waals surface area contributed by atoms with Gasteiger partial charge >= 0.3 is 0 Å². The lowest BCUT2D eigenvalue weighted by molar-refractivity contribution is -0.120. The Morgan fingerprint density at radius 1 is 1.56 bits per heavy atom. The molecule has 7 heteroatoms. The van der Waals surface area contributed by atoms with Crippen LogP contribution >= 0.6 is 12.4 Å². The Balaban J connectivity index is 0.00000289. The van der Waals surface area contributed by atoms with Crippen LogP contribution in [-0.4, -0.2) is 34.5 Å². The zero-order valence-corrected chi connectivity index (χ0v) is 11.7. The van der Waals surface area contributed by atoms with Gasteiger partial charge in [-0.1, -0.05) is 5.21 Å². The molecular formula is C11H21ClN4O2. The van der Waals surface area contributed by atoms with Crippen LogP contribution in [0.5, 0.6) is 0 Å². The van der Waals surface area contributed by atoms with E-state index in [1.165, 1.54) is 0 Å². The number of ether oxygens (including phenoxy) is 1. The molecular weight excluding hydrogens is 256 g/mol. The van der Waals surface area contributed by atoms with Crippen LogP contribution in [0.1, 0.15) is 37.9 Å². The summed E-state index contributed by atoms with van der Waals surface area (Å²) in [5.41, 5.74) is 6.16. The lowest BCUT2D eigenvalue weighted by atomic mass is 10.1. The van der Waals surface area contributed by atoms with E-state index in [1.54, 1.807) is 24.9 Å². The fourth-order valence-electron chi connectivity index (χ4n) is 1.67. The number of unbranched alkanes of at least 4 members (excludes halogenated alkanes) is 1. The first-order chi connectivity index (χ1) is 8.19. The van der Waals surface area contributed by atoms with Crippen LogP contribution in [0, 0.1) is 0 Å². The van der Waals surface area contributed by atoms with E-state index in [2.05, 4.69) is 10.3 Å². The number of carbonyl (C=O) groups excluding carboxylic acids is 1. The molecule has 0 aromatic carbocycles. The molecule has 2 N–H and O–H groups in total. The molecule has 18 heavy (non-hydrogen) atoms. The fourth-order valence-corrected chi connectivity index (χ4v) is 1.67. The molecule has 1 heterocycles. The van der Waals surface area contributed by atoms with Gasteiger partial charge in [0.2, 0.25) is 0 Å². The van der Waals surface area contributed by atoms with Crippen LogP contribution in [0.25, 0.3) is 0 Å². The van der Waals surface area contributed by atoms with Gasteiger partial charge < -0.3 is 10.5 Å². The molecule has 1 unspecified atom stereocenters. The molecule has 1 aromatic rings. The fraction of sp³-hybridized carbons (Fsp3) is 0.727. The van der Waals surface area contributed by atoms with E-state index in [9.17, 15) is 4.79 Å². The first kappa shape index (κ1) is 17.0. The van der Waals surface area contributed by atoms with Crippen molar-refractivity contribution in [3.8, 4) is 0 Å². The summed E-state index contributed by atoms with van der Waals surface area (Å²) in [6.07, 6.45) is 4.36. The topological polar surface area (TPSA) is 83.0 Å². The van der Waals surface area contributed by atoms with Crippen molar-refractivity contribution in [3.63, 3.8) is 0 Å². The molecule has 1 atom stereocenters. The third-order valence-electron chi connectivity index (χ3n) is 2.63. The van der Waals surface area contributed by atoms with Crippen LogP contribution in [-0.2, 0) is 16.1 Å². The van der Waals surface area contributed by atoms with E-state index >= 15 is 0 Å². The molecule has 6 nitrogen and oxygen atoms in total. The van der Waals surface area contributed by atoms with E-state index in [0.29, 0.717) is 12.2 Å². The van der Waals surface area contributed by atoms with Gasteiger partial charge in [0.1, 0.15) is 6.04 Å². The summed E-state index contributed by atoms with van der Waals surface area (Å²) in [6, 6.07) is -0.236. The van der Waals surface area contributed by atoms with Crippen molar-refractivity contribution < 1.29 is 9.53 Å². The highest BCUT2D eigenvalue weighted by Gasteiger charge is 2.17. The Bertz CT molecular complexity index is 357. The number of carbonyl (C=O) groups is 1. The second-order valence-corrected chi connectivity index (χ2v) is 4.01. The second-order valence-electron chi connectivity index (χ2n) is 4.01. The number of nitrogens with two attached hydrogens (primary N) is 1. The summed E-state index contributed by atoms with van der Waals surface area (Å²) in [5.74, 6) is 0.0934. The number of aromatic nitrogens is 3. The first-order valence-corrected chi connectivity index (χ1v) is 5.79. The quantitative estimate of drug-likeness (QED) is 0.719. The SMILES string of the molecule is COCCCCC(C(C)=O)n1cc(CN)nn1.Cl. The number of rotatable bonds is 8. The summed E-state index contributed by atoms with van der Waals surface area (Å²) in [6.45, 7) is 2.63. The van der Waals surface area contributed by atoms with Gasteiger partial charge in [-0.2, -0.15) is 0 Å². The highest BCUT2D eigenvalue weighted by Crippen LogP contribution is 2.15. The van der Waals surface area contributed by atoms with Crippen LogP contribution in [0.3, 0.4) is 0 Å². The van der Waals surface area contributed by atoms with Crippen LogP contribution < -0.4 is 5.73 Å². The number of hydrogen-bond acceptors (Lipinski definition) is 5. The maximum atomic E-state index is 11.6. The zero-order valence-electron chi connectivity index (χ0n) is 10.8. The predicted molar refractivity (Wildman–Crippen MR) is 70.6 cm³/mol. The van der Waals surface area contributed by atoms with Gasteiger partial charge in [0.15, 0.2) is 5.78 Å². The molecule has 0 saturated heterocycles. The molecule has 0 amide bonds. The van der Waals surface area contributed by atoms with Gasteiger partial charge in [-0.15, -0.1) is 17.5 Å². The van der Waals surface area contributed by atoms with Gasteiger partial charge in [-0.3, -0.25) is 4.79 Å². The van der Waals surface area contributed by atoms with Gasteiger partial charge in [0.25, 0.3) is 0 Å². The second kappa shape index (κ2) is 9.02. The van der Waals surface area contributed by atoms with Crippen molar-refractivity contribution in [3.05, 3.63) is 11.9 Å². The Morgan fingerprint density at radius 3 is 2.78 bits per heavy atom. The lowest BCUT2D eigenvalue weighted by Gasteiger charge is -2.13. The third kappa shape index (κ3) is 5.12. The maximum absolute atomic E-state index is 11.6. The minimum atomic E-state index is -0.236. The normalized spacial score (nSPS) is 11.9. The summed E-state index contributed by atoms with van der Waals surface area (Å²) in [5, 5.41) is 7.84. The Labute approximate surface area is 113 Å². The minimum absolute atomic E-state index is 0. The molecule has 0 bridgehead atoms. The third-order valence-corrected chi connectivity index (χ3v) is 2.63. The summed E-state index contributed by atoms with van der Waals surface area (Å²) in [4.78, 5) is 11.6. The highest BCUT2D eigenvalue weighted by molar-refractivity contribution is 5.85. The van der Waals surface area contributed by atoms with Crippen molar-refractivity contribution in [2.45, 2.75) is 38.8 Å². The van der Waals surface area contributed by atoms with Gasteiger partial charge in [0.05, 0.1) is 11.9 Å². The van der Waals surface area contributed by atoms with E-state index in [4.69, 9.17) is 10.5 Å². The molecule has 104 valence electrons. The number of nitrogens with zero attached hydrogens (tertiary/aromatic N) is 3. The molecule has 0 aliphatic carbocycles. The number of ketones is 1. The molecule has 0 aliphatic rings. The van der Waals surface area contributed by atoms with Crippen molar-refractivity contribution in [1.82, 2.24) is 15.0 Å². The number of hydrogen-bond donors (Lipinski definition) is 1. The Hall–Kier alpha value is -0.980. The minimum Gasteiger partial charge on any atom is -0.385 e. The summed E-state index contributed by atoms with van der Waals surface area (Å²) >= 11 is 0. The summed E-state index contributed by atoms with van der Waals surface area (Å²) in [7, 11) is 1.67. The molecule has 1 rings (SSSR count). The van der Waals surface area contributed by atoms with Crippen molar-refractivity contribution >= 4 is 18.2 Å². The first-order valence-electron chi connectivity index (χ1n) is 5.79. The van der Waals surface area contributed by atoms with E-state index in [1.807, 2.05) is 0 Å². The molecule has 0 aliphatic heterocycles. The van der Waals surface area contributed by atoms with Gasteiger partial charge in [0, 0.05) is 20.3 Å². The number of halogens is 1. The van der Waals surface area contributed by atoms with Crippen molar-refractivity contribution in [1.29, 1.82) is 0 Å². The van der Waals surface area contributed by atoms with Gasteiger partial charge in [-0.05, 0) is 26.2 Å². The lowest BCUT2D eigenvalue weighted by Crippen LogP contribution is -2.18. The smallest absolute Gasteiger partial charge is 0.154 e. The Kier molecular flexibility index (Phi) is 8.53. The zero-order chi connectivity index (χ0) is 12.7. The monoisotopic (exact) mass is 276 g/mol. The van der Waals surface area contributed by atoms with Crippen molar-refractivity contribution in [2.75, 3.05) is 13.7 Å². The Morgan fingerprint density at radius 2 is 2.28 bits per heavy atom. The standard InChI is InChI=1S/C11H20N4O2.ClH/c1-9(16)11(5-3-4-6-17-2)15-8-10(7-12)13-14-15;/h8,11H,3-7,12H2,1-2H3;1H. The average molecular weight is 277 g/mol. The number of Topliss-reactive ketones (excluding diaryl/α,β-unsaturated/α-hetero) is 1. The predicted octanol–water partition coefficient (Wildman–Crippen LogP) is 1.11. The average Bonchev–Trinajstić information content (AvgIpc) is 2.77. The van der Waals surface area contributed by atoms with E-state index in [-0.39, 0.29) is 24.2 Å². The molecule has 0 fully saturated rings. The molecule has 1 aromatic heterocycles. The van der Waals surface area contributed by atoms with Crippen LogP contribution in [0.4, 0.5) is 0 Å². The van der Waals surface area contributed by atoms with E-state index in [0.717, 1.165) is 25.9 Å². The summed E-state index contributed by atoms with van der Waals surface area (Å²) < 4.78 is 6.58. The molecule has 0 spiro atoms.